The van der Waals surface area contributed by atoms with Gasteiger partial charge < -0.3 is 10.5 Å². The molecule has 2 aliphatic heterocycles. The molecule has 0 amide bonds. The van der Waals surface area contributed by atoms with E-state index in [9.17, 15) is 0 Å². The summed E-state index contributed by atoms with van der Waals surface area (Å²) in [5, 5.41) is 0. The van der Waals surface area contributed by atoms with Crippen LogP contribution in [0.5, 0.6) is 0 Å². The van der Waals surface area contributed by atoms with Crippen LogP contribution in [-0.2, 0) is 4.74 Å². The quantitative estimate of drug-likeness (QED) is 0.818. The first-order valence-corrected chi connectivity index (χ1v) is 7.30. The Balaban J connectivity index is 2.07. The van der Waals surface area contributed by atoms with E-state index in [-0.39, 0.29) is 5.54 Å². The Hall–Kier alpha value is -0.120. The summed E-state index contributed by atoms with van der Waals surface area (Å²) in [5.74, 6) is 0. The van der Waals surface area contributed by atoms with E-state index in [0.29, 0.717) is 12.1 Å². The van der Waals surface area contributed by atoms with Gasteiger partial charge in [-0.2, -0.15) is 0 Å². The van der Waals surface area contributed by atoms with Crippen molar-refractivity contribution in [1.29, 1.82) is 0 Å². The highest BCUT2D eigenvalue weighted by atomic mass is 16.5. The topological polar surface area (TPSA) is 38.5 Å². The van der Waals surface area contributed by atoms with Gasteiger partial charge in [-0.15, -0.1) is 0 Å². The number of nitrogens with two attached hydrogens (primary N) is 1. The number of hydrogen-bond donors (Lipinski definition) is 1. The van der Waals surface area contributed by atoms with Crippen LogP contribution in [-0.4, -0.2) is 42.3 Å². The molecule has 0 spiro atoms. The molecule has 2 saturated heterocycles. The number of nitrogens with zero attached hydrogens (tertiary/aromatic N) is 1. The predicted octanol–water partition coefficient (Wildman–Crippen LogP) is 2.15. The molecular formula is C14H28N2O. The zero-order chi connectivity index (χ0) is 12.3. The van der Waals surface area contributed by atoms with Crippen molar-refractivity contribution >= 4 is 0 Å². The van der Waals surface area contributed by atoms with Gasteiger partial charge in [0.2, 0.25) is 0 Å². The predicted molar refractivity (Wildman–Crippen MR) is 71.1 cm³/mol. The summed E-state index contributed by atoms with van der Waals surface area (Å²) in [5.41, 5.74) is 6.37. The third-order valence-electron chi connectivity index (χ3n) is 4.68. The van der Waals surface area contributed by atoms with Crippen LogP contribution in [0.3, 0.4) is 0 Å². The van der Waals surface area contributed by atoms with E-state index < -0.39 is 0 Å². The summed E-state index contributed by atoms with van der Waals surface area (Å²) >= 11 is 0. The fourth-order valence-corrected chi connectivity index (χ4v) is 3.71. The molecule has 2 fully saturated rings. The van der Waals surface area contributed by atoms with Crippen molar-refractivity contribution in [2.75, 3.05) is 19.7 Å². The molecule has 2 rings (SSSR count). The minimum absolute atomic E-state index is 0.230. The Morgan fingerprint density at radius 1 is 1.47 bits per heavy atom. The van der Waals surface area contributed by atoms with E-state index in [1.54, 1.807) is 0 Å². The molecule has 0 bridgehead atoms. The van der Waals surface area contributed by atoms with Crippen LogP contribution in [0.1, 0.15) is 52.4 Å². The summed E-state index contributed by atoms with van der Waals surface area (Å²) in [6.07, 6.45) is 7.76. The van der Waals surface area contributed by atoms with Crippen LogP contribution >= 0.6 is 0 Å². The van der Waals surface area contributed by atoms with Gasteiger partial charge >= 0.3 is 0 Å². The molecule has 0 aliphatic carbocycles. The Kier molecular flexibility index (Phi) is 4.45. The average Bonchev–Trinajstić information content (AvgIpc) is 2.77. The maximum atomic E-state index is 6.14. The molecular weight excluding hydrogens is 212 g/mol. The first kappa shape index (κ1) is 13.3. The molecule has 100 valence electrons. The Morgan fingerprint density at radius 2 is 2.29 bits per heavy atom. The molecule has 2 N–H and O–H groups in total. The fourth-order valence-electron chi connectivity index (χ4n) is 3.71. The van der Waals surface area contributed by atoms with Crippen molar-refractivity contribution < 1.29 is 4.74 Å². The zero-order valence-corrected chi connectivity index (χ0v) is 11.5. The average molecular weight is 240 g/mol. The first-order valence-electron chi connectivity index (χ1n) is 7.30. The van der Waals surface area contributed by atoms with Gasteiger partial charge in [-0.05, 0) is 45.6 Å². The van der Waals surface area contributed by atoms with Gasteiger partial charge in [0.15, 0.2) is 0 Å². The highest BCUT2D eigenvalue weighted by molar-refractivity contribution is 4.99. The normalized spacial score (nSPS) is 39.7. The minimum Gasteiger partial charge on any atom is -0.378 e. The third-order valence-corrected chi connectivity index (χ3v) is 4.68. The van der Waals surface area contributed by atoms with Crippen LogP contribution in [0.25, 0.3) is 0 Å². The van der Waals surface area contributed by atoms with Gasteiger partial charge in [-0.3, -0.25) is 4.90 Å². The van der Waals surface area contributed by atoms with E-state index in [4.69, 9.17) is 10.5 Å². The zero-order valence-electron chi connectivity index (χ0n) is 11.5. The van der Waals surface area contributed by atoms with Crippen LogP contribution in [0.2, 0.25) is 0 Å². The summed E-state index contributed by atoms with van der Waals surface area (Å²) in [4.78, 5) is 2.68. The van der Waals surface area contributed by atoms with Crippen molar-refractivity contribution in [3.05, 3.63) is 0 Å². The molecule has 17 heavy (non-hydrogen) atoms. The van der Waals surface area contributed by atoms with Crippen LogP contribution in [0.15, 0.2) is 0 Å². The lowest BCUT2D eigenvalue weighted by atomic mass is 9.83. The maximum absolute atomic E-state index is 6.14. The van der Waals surface area contributed by atoms with Gasteiger partial charge in [0.1, 0.15) is 0 Å². The van der Waals surface area contributed by atoms with E-state index in [2.05, 4.69) is 18.7 Å². The minimum atomic E-state index is 0.230. The van der Waals surface area contributed by atoms with Gasteiger partial charge in [0.05, 0.1) is 6.10 Å². The lowest BCUT2D eigenvalue weighted by molar-refractivity contribution is -0.0759. The van der Waals surface area contributed by atoms with Crippen molar-refractivity contribution in [3.8, 4) is 0 Å². The smallest absolute Gasteiger partial charge is 0.0593 e. The van der Waals surface area contributed by atoms with E-state index in [0.717, 1.165) is 26.0 Å². The first-order chi connectivity index (χ1) is 8.22. The van der Waals surface area contributed by atoms with Gasteiger partial charge in [0, 0.05) is 24.7 Å². The molecule has 0 aromatic rings. The van der Waals surface area contributed by atoms with Crippen molar-refractivity contribution in [2.24, 2.45) is 5.73 Å². The lowest BCUT2D eigenvalue weighted by Crippen LogP contribution is -2.59. The number of hydrogen-bond acceptors (Lipinski definition) is 3. The molecule has 0 aromatic carbocycles. The van der Waals surface area contributed by atoms with Crippen molar-refractivity contribution in [1.82, 2.24) is 4.90 Å². The second-order valence-electron chi connectivity index (χ2n) is 5.85. The summed E-state index contributed by atoms with van der Waals surface area (Å²) in [6, 6.07) is 0.707. The molecule has 2 aliphatic rings. The van der Waals surface area contributed by atoms with Gasteiger partial charge in [-0.1, -0.05) is 13.3 Å². The molecule has 3 heteroatoms. The Bertz CT molecular complexity index is 244. The molecule has 3 unspecified atom stereocenters. The van der Waals surface area contributed by atoms with Crippen LogP contribution < -0.4 is 5.73 Å². The molecule has 0 aromatic heterocycles. The molecule has 2 heterocycles. The maximum Gasteiger partial charge on any atom is 0.0593 e. The molecule has 0 radical (unpaired) electrons. The highest BCUT2D eigenvalue weighted by Crippen LogP contribution is 2.36. The van der Waals surface area contributed by atoms with E-state index in [1.165, 1.54) is 32.2 Å². The summed E-state index contributed by atoms with van der Waals surface area (Å²) in [6.45, 7) is 7.51. The van der Waals surface area contributed by atoms with Crippen LogP contribution in [0.4, 0.5) is 0 Å². The highest BCUT2D eigenvalue weighted by Gasteiger charge is 2.43. The molecule has 3 nitrogen and oxygen atoms in total. The van der Waals surface area contributed by atoms with E-state index >= 15 is 0 Å². The van der Waals surface area contributed by atoms with E-state index in [1.807, 2.05) is 0 Å². The largest absolute Gasteiger partial charge is 0.378 e. The second-order valence-corrected chi connectivity index (χ2v) is 5.85. The number of rotatable bonds is 4. The third kappa shape index (κ3) is 2.67. The summed E-state index contributed by atoms with van der Waals surface area (Å²) in [7, 11) is 0. The van der Waals surface area contributed by atoms with Crippen molar-refractivity contribution in [3.63, 3.8) is 0 Å². The van der Waals surface area contributed by atoms with Crippen LogP contribution in [0, 0.1) is 0 Å². The van der Waals surface area contributed by atoms with Gasteiger partial charge in [-0.25, -0.2) is 0 Å². The summed E-state index contributed by atoms with van der Waals surface area (Å²) < 4.78 is 5.89. The Morgan fingerprint density at radius 3 is 2.88 bits per heavy atom. The Labute approximate surface area is 106 Å². The van der Waals surface area contributed by atoms with Crippen molar-refractivity contribution in [2.45, 2.75) is 70.1 Å². The number of ether oxygens (including phenoxy) is 1. The number of likely N-dealkylation sites (tertiary alicyclic amines) is 1. The standard InChI is InChI=1S/C14H28N2O/c1-3-5-13-10-14(11-15,7-9-17-13)16-8-4-6-12(16)2/h12-13H,3-11,15H2,1-2H3. The monoisotopic (exact) mass is 240 g/mol. The lowest BCUT2D eigenvalue weighted by Gasteiger charge is -2.48. The molecule has 3 atom stereocenters. The second kappa shape index (κ2) is 5.68. The van der Waals surface area contributed by atoms with Gasteiger partial charge in [0.25, 0.3) is 0 Å². The fraction of sp³-hybridized carbons (Fsp3) is 1.00. The SMILES string of the molecule is CCCC1CC(CN)(N2CCCC2C)CCO1. The molecule has 0 saturated carbocycles.